The summed E-state index contributed by atoms with van der Waals surface area (Å²) in [5.41, 5.74) is 11.9. The zero-order valence-corrected chi connectivity index (χ0v) is 12.7. The van der Waals surface area contributed by atoms with Gasteiger partial charge in [-0.05, 0) is 22.1 Å². The van der Waals surface area contributed by atoms with Crippen LogP contribution < -0.4 is 5.73 Å². The predicted octanol–water partition coefficient (Wildman–Crippen LogP) is 5.76. The first kappa shape index (κ1) is 13.6. The van der Waals surface area contributed by atoms with Gasteiger partial charge in [0, 0.05) is 16.6 Å². The zero-order chi connectivity index (χ0) is 15.6. The molecule has 0 aliphatic carbocycles. The number of hydrogen-bond donors (Lipinski definition) is 1. The monoisotopic (exact) mass is 295 g/mol. The van der Waals surface area contributed by atoms with Crippen molar-refractivity contribution >= 4 is 16.5 Å². The minimum atomic E-state index is 0.843. The normalized spacial score (nSPS) is 10.8. The van der Waals surface area contributed by atoms with Gasteiger partial charge in [-0.1, -0.05) is 91.0 Å². The van der Waals surface area contributed by atoms with E-state index in [4.69, 9.17) is 5.73 Å². The maximum Gasteiger partial charge on any atom is 0.0473 e. The number of rotatable bonds is 2. The second-order valence-corrected chi connectivity index (χ2v) is 5.69. The number of hydrogen-bond acceptors (Lipinski definition) is 1. The van der Waals surface area contributed by atoms with E-state index in [9.17, 15) is 0 Å². The third-order valence-corrected chi connectivity index (χ3v) is 4.27. The molecule has 0 amide bonds. The number of fused-ring (bicyclic) bond motifs is 1. The van der Waals surface area contributed by atoms with Gasteiger partial charge in [-0.2, -0.15) is 0 Å². The molecule has 0 saturated carbocycles. The van der Waals surface area contributed by atoms with E-state index in [-0.39, 0.29) is 0 Å². The van der Waals surface area contributed by atoms with Crippen LogP contribution in [-0.2, 0) is 0 Å². The maximum atomic E-state index is 6.40. The number of benzene rings is 4. The quantitative estimate of drug-likeness (QED) is 0.468. The second kappa shape index (κ2) is 5.62. The van der Waals surface area contributed by atoms with Gasteiger partial charge in [-0.3, -0.25) is 0 Å². The molecular weight excluding hydrogens is 278 g/mol. The molecule has 1 heteroatoms. The summed E-state index contributed by atoms with van der Waals surface area (Å²) in [5.74, 6) is 0. The van der Waals surface area contributed by atoms with Crippen molar-refractivity contribution in [2.75, 3.05) is 5.73 Å². The summed E-state index contributed by atoms with van der Waals surface area (Å²) in [6, 6.07) is 31.5. The lowest BCUT2D eigenvalue weighted by molar-refractivity contribution is 1.60. The molecule has 23 heavy (non-hydrogen) atoms. The van der Waals surface area contributed by atoms with Crippen LogP contribution in [0.3, 0.4) is 0 Å². The van der Waals surface area contributed by atoms with Gasteiger partial charge in [0.2, 0.25) is 0 Å². The van der Waals surface area contributed by atoms with E-state index >= 15 is 0 Å². The number of anilines is 1. The van der Waals surface area contributed by atoms with E-state index in [1.165, 1.54) is 16.5 Å². The van der Waals surface area contributed by atoms with Crippen LogP contribution in [0.25, 0.3) is 33.0 Å². The van der Waals surface area contributed by atoms with Gasteiger partial charge in [0.25, 0.3) is 0 Å². The molecule has 0 fully saturated rings. The van der Waals surface area contributed by atoms with Crippen LogP contribution in [0.1, 0.15) is 0 Å². The minimum absolute atomic E-state index is 0.843. The van der Waals surface area contributed by atoms with Crippen LogP contribution in [0.5, 0.6) is 0 Å². The molecule has 4 rings (SSSR count). The molecule has 2 N–H and O–H groups in total. The highest BCUT2D eigenvalue weighted by Gasteiger charge is 2.06. The first-order valence-electron chi connectivity index (χ1n) is 7.76. The average molecular weight is 295 g/mol. The molecule has 0 atom stereocenters. The highest BCUT2D eigenvalue weighted by Crippen LogP contribution is 2.33. The summed E-state index contributed by atoms with van der Waals surface area (Å²) in [7, 11) is 0. The molecule has 4 aromatic rings. The van der Waals surface area contributed by atoms with Crippen LogP contribution in [0, 0.1) is 0 Å². The minimum Gasteiger partial charge on any atom is -0.398 e. The summed E-state index contributed by atoms with van der Waals surface area (Å²) >= 11 is 0. The van der Waals surface area contributed by atoms with E-state index in [1.807, 2.05) is 18.2 Å². The van der Waals surface area contributed by atoms with Crippen LogP contribution in [0.15, 0.2) is 91.0 Å². The molecule has 0 radical (unpaired) electrons. The van der Waals surface area contributed by atoms with Crippen molar-refractivity contribution < 1.29 is 0 Å². The molecular formula is C22H17N. The van der Waals surface area contributed by atoms with Crippen molar-refractivity contribution in [1.29, 1.82) is 0 Å². The fraction of sp³-hybridized carbons (Fsp3) is 0. The third-order valence-electron chi connectivity index (χ3n) is 4.27. The van der Waals surface area contributed by atoms with Crippen molar-refractivity contribution in [1.82, 2.24) is 0 Å². The molecule has 4 aromatic carbocycles. The van der Waals surface area contributed by atoms with E-state index in [1.54, 1.807) is 0 Å². The summed E-state index contributed by atoms with van der Waals surface area (Å²) in [6.07, 6.45) is 0. The lowest BCUT2D eigenvalue weighted by atomic mass is 9.96. The Morgan fingerprint density at radius 3 is 1.87 bits per heavy atom. The zero-order valence-electron chi connectivity index (χ0n) is 12.7. The Balaban J connectivity index is 1.78. The first-order valence-corrected chi connectivity index (χ1v) is 7.76. The van der Waals surface area contributed by atoms with Gasteiger partial charge in [0.1, 0.15) is 0 Å². The first-order chi connectivity index (χ1) is 11.3. The van der Waals surface area contributed by atoms with Gasteiger partial charge in [0.05, 0.1) is 0 Å². The van der Waals surface area contributed by atoms with Gasteiger partial charge in [-0.25, -0.2) is 0 Å². The van der Waals surface area contributed by atoms with Crippen LogP contribution in [-0.4, -0.2) is 0 Å². The van der Waals surface area contributed by atoms with Crippen molar-refractivity contribution in [2.24, 2.45) is 0 Å². The summed E-state index contributed by atoms with van der Waals surface area (Å²) < 4.78 is 0. The Kier molecular flexibility index (Phi) is 3.32. The van der Waals surface area contributed by atoms with Crippen molar-refractivity contribution in [3.05, 3.63) is 91.0 Å². The summed E-state index contributed by atoms with van der Waals surface area (Å²) in [5, 5.41) is 2.28. The lowest BCUT2D eigenvalue weighted by Gasteiger charge is -2.10. The number of nitrogen functional groups attached to an aromatic ring is 1. The van der Waals surface area contributed by atoms with Crippen LogP contribution >= 0.6 is 0 Å². The van der Waals surface area contributed by atoms with Crippen molar-refractivity contribution in [3.63, 3.8) is 0 Å². The van der Waals surface area contributed by atoms with Crippen molar-refractivity contribution in [3.8, 4) is 22.3 Å². The fourth-order valence-corrected chi connectivity index (χ4v) is 3.02. The molecule has 0 spiro atoms. The SMILES string of the molecule is Nc1c(-c2ccc(-c3ccccc3)cc2)ccc2ccccc12. The molecule has 0 heterocycles. The topological polar surface area (TPSA) is 26.0 Å². The summed E-state index contributed by atoms with van der Waals surface area (Å²) in [4.78, 5) is 0. The Labute approximate surface area is 136 Å². The predicted molar refractivity (Wildman–Crippen MR) is 99.2 cm³/mol. The average Bonchev–Trinajstić information content (AvgIpc) is 2.63. The van der Waals surface area contributed by atoms with E-state index < -0.39 is 0 Å². The Morgan fingerprint density at radius 1 is 0.478 bits per heavy atom. The van der Waals surface area contributed by atoms with Gasteiger partial charge in [0.15, 0.2) is 0 Å². The van der Waals surface area contributed by atoms with Gasteiger partial charge < -0.3 is 5.73 Å². The summed E-state index contributed by atoms with van der Waals surface area (Å²) in [6.45, 7) is 0. The van der Waals surface area contributed by atoms with Crippen LogP contribution in [0.2, 0.25) is 0 Å². The molecule has 0 unspecified atom stereocenters. The van der Waals surface area contributed by atoms with Gasteiger partial charge >= 0.3 is 0 Å². The molecule has 0 aromatic heterocycles. The van der Waals surface area contributed by atoms with E-state index in [0.717, 1.165) is 22.2 Å². The largest absolute Gasteiger partial charge is 0.398 e. The number of nitrogens with two attached hydrogens (primary N) is 1. The highest BCUT2D eigenvalue weighted by atomic mass is 14.6. The second-order valence-electron chi connectivity index (χ2n) is 5.69. The van der Waals surface area contributed by atoms with Crippen LogP contribution in [0.4, 0.5) is 5.69 Å². The standard InChI is InChI=1S/C22H17N/c23-22-20-9-5-4-8-18(20)14-15-21(22)19-12-10-17(11-13-19)16-6-2-1-3-7-16/h1-15H,23H2. The molecule has 110 valence electrons. The molecule has 0 bridgehead atoms. The van der Waals surface area contributed by atoms with Gasteiger partial charge in [-0.15, -0.1) is 0 Å². The molecule has 0 saturated heterocycles. The maximum absolute atomic E-state index is 6.40. The van der Waals surface area contributed by atoms with E-state index in [0.29, 0.717) is 0 Å². The Bertz CT molecular complexity index is 954. The van der Waals surface area contributed by atoms with Crippen molar-refractivity contribution in [2.45, 2.75) is 0 Å². The lowest BCUT2D eigenvalue weighted by Crippen LogP contribution is -1.92. The Hall–Kier alpha value is -3.06. The van der Waals surface area contributed by atoms with E-state index in [2.05, 4.69) is 72.8 Å². The fourth-order valence-electron chi connectivity index (χ4n) is 3.02. The molecule has 0 aliphatic rings. The Morgan fingerprint density at radius 2 is 1.09 bits per heavy atom. The smallest absolute Gasteiger partial charge is 0.0473 e. The third kappa shape index (κ3) is 2.47. The molecule has 1 nitrogen and oxygen atoms in total. The highest BCUT2D eigenvalue weighted by molar-refractivity contribution is 6.00. The molecule has 0 aliphatic heterocycles.